The predicted octanol–water partition coefficient (Wildman–Crippen LogP) is 2.13. The summed E-state index contributed by atoms with van der Waals surface area (Å²) in [7, 11) is 0. The highest BCUT2D eigenvalue weighted by molar-refractivity contribution is 5.67. The predicted molar refractivity (Wildman–Crippen MR) is 64.3 cm³/mol. The lowest BCUT2D eigenvalue weighted by Gasteiger charge is -2.16. The molecule has 3 nitrogen and oxygen atoms in total. The monoisotopic (exact) mass is 255 g/mol. The largest absolute Gasteiger partial charge is 0.481 e. The van der Waals surface area contributed by atoms with E-state index >= 15 is 0 Å². The van der Waals surface area contributed by atoms with E-state index in [0.717, 1.165) is 12.1 Å². The lowest BCUT2D eigenvalue weighted by Crippen LogP contribution is -2.33. The zero-order chi connectivity index (χ0) is 13.5. The Morgan fingerprint density at radius 2 is 2.17 bits per heavy atom. The van der Waals surface area contributed by atoms with Crippen LogP contribution in [0.25, 0.3) is 0 Å². The molecule has 0 saturated carbocycles. The van der Waals surface area contributed by atoms with Gasteiger partial charge in [-0.15, -0.1) is 6.58 Å². The van der Waals surface area contributed by atoms with Gasteiger partial charge in [-0.1, -0.05) is 12.1 Å². The fourth-order valence-corrected chi connectivity index (χ4v) is 1.63. The molecule has 0 fully saturated rings. The second kappa shape index (κ2) is 6.86. The fourth-order valence-electron chi connectivity index (χ4n) is 1.63. The molecule has 0 aliphatic carbocycles. The molecule has 18 heavy (non-hydrogen) atoms. The maximum absolute atomic E-state index is 13.0. The van der Waals surface area contributed by atoms with Crippen molar-refractivity contribution in [3.63, 3.8) is 0 Å². The van der Waals surface area contributed by atoms with Crippen molar-refractivity contribution >= 4 is 5.97 Å². The summed E-state index contributed by atoms with van der Waals surface area (Å²) in [5.41, 5.74) is 0.553. The first-order chi connectivity index (χ1) is 8.52. The van der Waals surface area contributed by atoms with E-state index in [1.807, 2.05) is 0 Å². The summed E-state index contributed by atoms with van der Waals surface area (Å²) in [6, 6.07) is 3.23. The van der Waals surface area contributed by atoms with Gasteiger partial charge in [-0.05, 0) is 24.1 Å². The highest BCUT2D eigenvalue weighted by Gasteiger charge is 2.14. The van der Waals surface area contributed by atoms with E-state index in [1.54, 1.807) is 6.08 Å². The minimum absolute atomic E-state index is 0.0904. The van der Waals surface area contributed by atoms with E-state index in [0.29, 0.717) is 18.5 Å². The van der Waals surface area contributed by atoms with Gasteiger partial charge in [-0.25, -0.2) is 8.78 Å². The zero-order valence-corrected chi connectivity index (χ0v) is 9.83. The molecule has 1 unspecified atom stereocenters. The molecule has 0 saturated heterocycles. The Morgan fingerprint density at radius 1 is 1.44 bits per heavy atom. The molecule has 1 rings (SSSR count). The molecule has 0 bridgehead atoms. The molecular formula is C13H15F2NO2. The van der Waals surface area contributed by atoms with Crippen molar-refractivity contribution in [2.75, 3.05) is 6.54 Å². The van der Waals surface area contributed by atoms with Crippen molar-refractivity contribution in [2.24, 2.45) is 0 Å². The molecule has 0 aliphatic rings. The molecule has 98 valence electrons. The molecule has 1 aromatic rings. The second-order valence-corrected chi connectivity index (χ2v) is 3.94. The van der Waals surface area contributed by atoms with Crippen LogP contribution in [0.1, 0.15) is 12.0 Å². The molecule has 0 radical (unpaired) electrons. The van der Waals surface area contributed by atoms with Crippen molar-refractivity contribution < 1.29 is 18.7 Å². The maximum Gasteiger partial charge on any atom is 0.304 e. The number of carboxylic acids is 1. The Kier molecular flexibility index (Phi) is 5.45. The van der Waals surface area contributed by atoms with Crippen molar-refractivity contribution in [1.29, 1.82) is 0 Å². The number of hydrogen-bond acceptors (Lipinski definition) is 2. The van der Waals surface area contributed by atoms with Gasteiger partial charge in [0, 0.05) is 12.6 Å². The van der Waals surface area contributed by atoms with E-state index < -0.39 is 17.6 Å². The SMILES string of the molecule is C=CCNC(CC(=O)O)Cc1ccc(F)c(F)c1. The highest BCUT2D eigenvalue weighted by atomic mass is 19.2. The van der Waals surface area contributed by atoms with Gasteiger partial charge in [0.05, 0.1) is 6.42 Å². The number of carboxylic acid groups (broad SMARTS) is 1. The van der Waals surface area contributed by atoms with Crippen LogP contribution in [0.2, 0.25) is 0 Å². The minimum atomic E-state index is -0.945. The summed E-state index contributed by atoms with van der Waals surface area (Å²) in [5.74, 6) is -2.78. The van der Waals surface area contributed by atoms with E-state index in [-0.39, 0.29) is 12.5 Å². The van der Waals surface area contributed by atoms with Crippen LogP contribution < -0.4 is 5.32 Å². The molecule has 0 aromatic heterocycles. The third-order valence-electron chi connectivity index (χ3n) is 2.44. The van der Waals surface area contributed by atoms with Crippen molar-refractivity contribution in [3.05, 3.63) is 48.1 Å². The van der Waals surface area contributed by atoms with E-state index in [1.165, 1.54) is 6.07 Å². The molecule has 0 heterocycles. The summed E-state index contributed by atoms with van der Waals surface area (Å²) in [6.07, 6.45) is 1.84. The van der Waals surface area contributed by atoms with E-state index in [4.69, 9.17) is 5.11 Å². The van der Waals surface area contributed by atoms with Crippen molar-refractivity contribution in [2.45, 2.75) is 18.9 Å². The van der Waals surface area contributed by atoms with Crippen LogP contribution in [-0.4, -0.2) is 23.7 Å². The number of carbonyl (C=O) groups is 1. The lowest BCUT2D eigenvalue weighted by molar-refractivity contribution is -0.137. The maximum atomic E-state index is 13.0. The topological polar surface area (TPSA) is 49.3 Å². The average Bonchev–Trinajstić information content (AvgIpc) is 2.30. The Labute approximate surface area is 104 Å². The second-order valence-electron chi connectivity index (χ2n) is 3.94. The Morgan fingerprint density at radius 3 is 2.72 bits per heavy atom. The van der Waals surface area contributed by atoms with Crippen LogP contribution in [-0.2, 0) is 11.2 Å². The van der Waals surface area contributed by atoms with Gasteiger partial charge in [0.2, 0.25) is 0 Å². The highest BCUT2D eigenvalue weighted by Crippen LogP contribution is 2.11. The molecule has 0 amide bonds. The Bertz CT molecular complexity index is 435. The molecule has 1 atom stereocenters. The summed E-state index contributed by atoms with van der Waals surface area (Å²) >= 11 is 0. The summed E-state index contributed by atoms with van der Waals surface area (Å²) in [4.78, 5) is 10.7. The van der Waals surface area contributed by atoms with Gasteiger partial charge in [0.1, 0.15) is 0 Å². The Balaban J connectivity index is 2.71. The van der Waals surface area contributed by atoms with Crippen molar-refractivity contribution in [3.8, 4) is 0 Å². The van der Waals surface area contributed by atoms with Gasteiger partial charge in [0.15, 0.2) is 11.6 Å². The molecule has 0 spiro atoms. The number of halogens is 2. The quantitative estimate of drug-likeness (QED) is 0.734. The molecular weight excluding hydrogens is 240 g/mol. The summed E-state index contributed by atoms with van der Waals surface area (Å²) < 4.78 is 25.8. The standard InChI is InChI=1S/C13H15F2NO2/c1-2-5-16-10(8-13(17)18)6-9-3-4-11(14)12(15)7-9/h2-4,7,10,16H,1,5-6,8H2,(H,17,18). The van der Waals surface area contributed by atoms with E-state index in [2.05, 4.69) is 11.9 Å². The molecule has 5 heteroatoms. The van der Waals surface area contributed by atoms with Gasteiger partial charge in [-0.3, -0.25) is 4.79 Å². The van der Waals surface area contributed by atoms with Crippen LogP contribution in [0.4, 0.5) is 8.78 Å². The molecule has 2 N–H and O–H groups in total. The first kappa shape index (κ1) is 14.3. The molecule has 1 aromatic carbocycles. The first-order valence-corrected chi connectivity index (χ1v) is 5.53. The van der Waals surface area contributed by atoms with Crippen LogP contribution in [0, 0.1) is 11.6 Å². The number of aliphatic carboxylic acids is 1. The van der Waals surface area contributed by atoms with Gasteiger partial charge in [-0.2, -0.15) is 0 Å². The smallest absolute Gasteiger partial charge is 0.304 e. The summed E-state index contributed by atoms with van der Waals surface area (Å²) in [6.45, 7) is 3.98. The Hall–Kier alpha value is -1.75. The third-order valence-corrected chi connectivity index (χ3v) is 2.44. The van der Waals surface area contributed by atoms with Crippen molar-refractivity contribution in [1.82, 2.24) is 5.32 Å². The number of rotatable bonds is 7. The fraction of sp³-hybridized carbons (Fsp3) is 0.308. The lowest BCUT2D eigenvalue weighted by atomic mass is 10.0. The van der Waals surface area contributed by atoms with Crippen LogP contribution in [0.15, 0.2) is 30.9 Å². The van der Waals surface area contributed by atoms with Crippen LogP contribution >= 0.6 is 0 Å². The number of benzene rings is 1. The molecule has 0 aliphatic heterocycles. The van der Waals surface area contributed by atoms with Gasteiger partial charge < -0.3 is 10.4 Å². The zero-order valence-electron chi connectivity index (χ0n) is 9.83. The third kappa shape index (κ3) is 4.63. The van der Waals surface area contributed by atoms with E-state index in [9.17, 15) is 13.6 Å². The first-order valence-electron chi connectivity index (χ1n) is 5.53. The number of nitrogens with one attached hydrogen (secondary N) is 1. The minimum Gasteiger partial charge on any atom is -0.481 e. The average molecular weight is 255 g/mol. The normalized spacial score (nSPS) is 12.1. The summed E-state index contributed by atoms with van der Waals surface area (Å²) in [5, 5.41) is 11.7. The van der Waals surface area contributed by atoms with Gasteiger partial charge in [0.25, 0.3) is 0 Å². The van der Waals surface area contributed by atoms with Crippen LogP contribution in [0.3, 0.4) is 0 Å². The van der Waals surface area contributed by atoms with Crippen LogP contribution in [0.5, 0.6) is 0 Å². The van der Waals surface area contributed by atoms with Gasteiger partial charge >= 0.3 is 5.97 Å². The number of hydrogen-bond donors (Lipinski definition) is 2.